The van der Waals surface area contributed by atoms with E-state index in [1.165, 1.54) is 12.0 Å². The number of ether oxygens (including phenoxy) is 1. The minimum absolute atomic E-state index is 0.744. The van der Waals surface area contributed by atoms with Gasteiger partial charge in [-0.1, -0.05) is 32.9 Å². The molecule has 0 saturated heterocycles. The Morgan fingerprint density at radius 3 is 2.79 bits per heavy atom. The van der Waals surface area contributed by atoms with E-state index in [1.54, 1.807) is 0 Å². The summed E-state index contributed by atoms with van der Waals surface area (Å²) in [6, 6.07) is 6.24. The van der Waals surface area contributed by atoms with Gasteiger partial charge in [0.2, 0.25) is 0 Å². The van der Waals surface area contributed by atoms with Crippen molar-refractivity contribution in [2.75, 3.05) is 13.2 Å². The summed E-state index contributed by atoms with van der Waals surface area (Å²) in [5, 5.41) is 3.43. The first-order chi connectivity index (χ1) is 9.15. The highest BCUT2D eigenvalue weighted by Crippen LogP contribution is 2.29. The molecule has 0 aromatic heterocycles. The standard InChI is InChI=1S/C16H26BrNO/c1-4-10-18-12-14-8-5-9-15(17)16(14)19-11-6-7-13(2)3/h5,8-9,13,18H,4,6-7,10-12H2,1-3H3. The van der Waals surface area contributed by atoms with Crippen LogP contribution in [0.1, 0.15) is 45.6 Å². The quantitative estimate of drug-likeness (QED) is 0.660. The van der Waals surface area contributed by atoms with Gasteiger partial charge in [0, 0.05) is 12.1 Å². The van der Waals surface area contributed by atoms with Gasteiger partial charge in [-0.2, -0.15) is 0 Å². The second-order valence-electron chi connectivity index (χ2n) is 5.29. The van der Waals surface area contributed by atoms with Crippen LogP contribution in [0.25, 0.3) is 0 Å². The fraction of sp³-hybridized carbons (Fsp3) is 0.625. The van der Waals surface area contributed by atoms with Crippen molar-refractivity contribution in [1.29, 1.82) is 0 Å². The summed E-state index contributed by atoms with van der Waals surface area (Å²) in [4.78, 5) is 0. The molecule has 2 nitrogen and oxygen atoms in total. The van der Waals surface area contributed by atoms with E-state index >= 15 is 0 Å². The van der Waals surface area contributed by atoms with E-state index in [9.17, 15) is 0 Å². The Kier molecular flexibility index (Phi) is 8.15. The maximum atomic E-state index is 5.96. The van der Waals surface area contributed by atoms with Crippen LogP contribution in [0.4, 0.5) is 0 Å². The summed E-state index contributed by atoms with van der Waals surface area (Å²) in [6.45, 7) is 9.38. The molecular formula is C16H26BrNO. The molecule has 0 aliphatic heterocycles. The third-order valence-corrected chi connectivity index (χ3v) is 3.59. The fourth-order valence-electron chi connectivity index (χ4n) is 1.92. The molecule has 0 spiro atoms. The molecule has 0 aliphatic rings. The van der Waals surface area contributed by atoms with Crippen LogP contribution in [0, 0.1) is 5.92 Å². The predicted molar refractivity (Wildman–Crippen MR) is 85.7 cm³/mol. The molecule has 3 heteroatoms. The van der Waals surface area contributed by atoms with Crippen LogP contribution < -0.4 is 10.1 Å². The Morgan fingerprint density at radius 1 is 1.32 bits per heavy atom. The van der Waals surface area contributed by atoms with Crippen molar-refractivity contribution >= 4 is 15.9 Å². The topological polar surface area (TPSA) is 21.3 Å². The molecule has 0 aliphatic carbocycles. The van der Waals surface area contributed by atoms with Gasteiger partial charge in [0.25, 0.3) is 0 Å². The zero-order valence-electron chi connectivity index (χ0n) is 12.3. The molecule has 19 heavy (non-hydrogen) atoms. The van der Waals surface area contributed by atoms with Crippen molar-refractivity contribution in [1.82, 2.24) is 5.32 Å². The van der Waals surface area contributed by atoms with Gasteiger partial charge in [0.05, 0.1) is 11.1 Å². The van der Waals surface area contributed by atoms with E-state index < -0.39 is 0 Å². The van der Waals surface area contributed by atoms with Gasteiger partial charge in [-0.05, 0) is 53.7 Å². The first-order valence-electron chi connectivity index (χ1n) is 7.26. The Morgan fingerprint density at radius 2 is 2.11 bits per heavy atom. The van der Waals surface area contributed by atoms with Crippen LogP contribution >= 0.6 is 15.9 Å². The van der Waals surface area contributed by atoms with Gasteiger partial charge >= 0.3 is 0 Å². The molecule has 1 rings (SSSR count). The lowest BCUT2D eigenvalue weighted by molar-refractivity contribution is 0.292. The Bertz CT molecular complexity index is 366. The molecule has 0 heterocycles. The molecule has 1 N–H and O–H groups in total. The summed E-state index contributed by atoms with van der Waals surface area (Å²) < 4.78 is 7.01. The molecule has 0 radical (unpaired) electrons. The molecule has 1 aromatic rings. The SMILES string of the molecule is CCCNCc1cccc(Br)c1OCCCC(C)C. The average molecular weight is 328 g/mol. The number of hydrogen-bond acceptors (Lipinski definition) is 2. The molecule has 0 fully saturated rings. The van der Waals surface area contributed by atoms with Gasteiger partial charge < -0.3 is 10.1 Å². The Labute approximate surface area is 126 Å². The van der Waals surface area contributed by atoms with Gasteiger partial charge in [-0.25, -0.2) is 0 Å². The van der Waals surface area contributed by atoms with E-state index in [4.69, 9.17) is 4.74 Å². The van der Waals surface area contributed by atoms with Gasteiger partial charge in [0.1, 0.15) is 5.75 Å². The summed E-state index contributed by atoms with van der Waals surface area (Å²) in [6.07, 6.45) is 3.48. The minimum atomic E-state index is 0.744. The summed E-state index contributed by atoms with van der Waals surface area (Å²) in [7, 11) is 0. The average Bonchev–Trinajstić information content (AvgIpc) is 2.37. The van der Waals surface area contributed by atoms with Crippen LogP contribution in [0.2, 0.25) is 0 Å². The minimum Gasteiger partial charge on any atom is -0.492 e. The first-order valence-corrected chi connectivity index (χ1v) is 8.05. The number of para-hydroxylation sites is 1. The summed E-state index contributed by atoms with van der Waals surface area (Å²) >= 11 is 3.58. The van der Waals surface area contributed by atoms with Gasteiger partial charge in [-0.15, -0.1) is 0 Å². The maximum Gasteiger partial charge on any atom is 0.137 e. The summed E-state index contributed by atoms with van der Waals surface area (Å²) in [5.41, 5.74) is 1.23. The second kappa shape index (κ2) is 9.38. The zero-order valence-corrected chi connectivity index (χ0v) is 13.9. The number of hydrogen-bond donors (Lipinski definition) is 1. The molecule has 0 bridgehead atoms. The molecule has 1 aromatic carbocycles. The van der Waals surface area contributed by atoms with Crippen LogP contribution in [0.5, 0.6) is 5.75 Å². The van der Waals surface area contributed by atoms with Crippen molar-refractivity contribution in [3.63, 3.8) is 0 Å². The van der Waals surface area contributed by atoms with E-state index in [0.717, 1.165) is 48.7 Å². The number of halogens is 1. The van der Waals surface area contributed by atoms with E-state index in [0.29, 0.717) is 0 Å². The Balaban J connectivity index is 2.53. The lowest BCUT2D eigenvalue weighted by Crippen LogP contribution is -2.15. The van der Waals surface area contributed by atoms with Crippen molar-refractivity contribution in [3.8, 4) is 5.75 Å². The van der Waals surface area contributed by atoms with Gasteiger partial charge in [0.15, 0.2) is 0 Å². The normalized spacial score (nSPS) is 11.0. The third kappa shape index (κ3) is 6.44. The predicted octanol–water partition coefficient (Wildman–Crippen LogP) is 4.76. The molecule has 0 amide bonds. The zero-order chi connectivity index (χ0) is 14.1. The van der Waals surface area contributed by atoms with Crippen molar-refractivity contribution in [2.24, 2.45) is 5.92 Å². The molecule has 0 saturated carbocycles. The third-order valence-electron chi connectivity index (χ3n) is 2.96. The van der Waals surface area contributed by atoms with Crippen molar-refractivity contribution < 1.29 is 4.74 Å². The summed E-state index contributed by atoms with van der Waals surface area (Å²) in [5.74, 6) is 1.74. The monoisotopic (exact) mass is 327 g/mol. The highest BCUT2D eigenvalue weighted by molar-refractivity contribution is 9.10. The van der Waals surface area contributed by atoms with Crippen LogP contribution in [0.3, 0.4) is 0 Å². The Hall–Kier alpha value is -0.540. The number of rotatable bonds is 9. The lowest BCUT2D eigenvalue weighted by atomic mass is 10.1. The highest BCUT2D eigenvalue weighted by atomic mass is 79.9. The largest absolute Gasteiger partial charge is 0.492 e. The molecule has 0 unspecified atom stereocenters. The first kappa shape index (κ1) is 16.5. The maximum absolute atomic E-state index is 5.96. The molecular weight excluding hydrogens is 302 g/mol. The van der Waals surface area contributed by atoms with Gasteiger partial charge in [-0.3, -0.25) is 0 Å². The highest BCUT2D eigenvalue weighted by Gasteiger charge is 2.07. The molecule has 0 atom stereocenters. The van der Waals surface area contributed by atoms with Crippen LogP contribution in [-0.2, 0) is 6.54 Å². The second-order valence-corrected chi connectivity index (χ2v) is 6.14. The number of nitrogens with one attached hydrogen (secondary N) is 1. The van der Waals surface area contributed by atoms with Crippen LogP contribution in [-0.4, -0.2) is 13.2 Å². The van der Waals surface area contributed by atoms with Crippen LogP contribution in [0.15, 0.2) is 22.7 Å². The van der Waals surface area contributed by atoms with E-state index in [1.807, 2.05) is 6.07 Å². The number of benzene rings is 1. The van der Waals surface area contributed by atoms with Crippen molar-refractivity contribution in [3.05, 3.63) is 28.2 Å². The smallest absolute Gasteiger partial charge is 0.137 e. The fourth-order valence-corrected chi connectivity index (χ4v) is 2.44. The molecule has 108 valence electrons. The van der Waals surface area contributed by atoms with E-state index in [-0.39, 0.29) is 0 Å². The van der Waals surface area contributed by atoms with E-state index in [2.05, 4.69) is 54.2 Å². The lowest BCUT2D eigenvalue weighted by Gasteiger charge is -2.14. The van der Waals surface area contributed by atoms with Crippen molar-refractivity contribution in [2.45, 2.75) is 46.6 Å².